The van der Waals surface area contributed by atoms with Crippen LogP contribution in [0.5, 0.6) is 0 Å². The van der Waals surface area contributed by atoms with Crippen molar-refractivity contribution >= 4 is 11.9 Å². The number of hydrogen-bond donors (Lipinski definition) is 2. The number of nitriles is 1. The van der Waals surface area contributed by atoms with Gasteiger partial charge in [-0.1, -0.05) is 12.8 Å². The lowest BCUT2D eigenvalue weighted by Gasteiger charge is -2.23. The van der Waals surface area contributed by atoms with Crippen LogP contribution in [0.4, 0.5) is 5.95 Å². The fourth-order valence-electron chi connectivity index (χ4n) is 2.27. The summed E-state index contributed by atoms with van der Waals surface area (Å²) in [6, 6.07) is 3.43. The Morgan fingerprint density at radius 2 is 2.28 bits per heavy atom. The number of carboxylic acid groups (broad SMARTS) is 1. The second-order valence-electron chi connectivity index (χ2n) is 4.52. The molecule has 1 saturated carbocycles. The summed E-state index contributed by atoms with van der Waals surface area (Å²) in [5.74, 6) is -0.467. The van der Waals surface area contributed by atoms with E-state index in [0.717, 1.165) is 12.8 Å². The van der Waals surface area contributed by atoms with Crippen molar-refractivity contribution < 1.29 is 9.90 Å². The Balaban J connectivity index is 2.06. The summed E-state index contributed by atoms with van der Waals surface area (Å²) in [7, 11) is 0. The van der Waals surface area contributed by atoms with Crippen molar-refractivity contribution in [2.45, 2.75) is 25.7 Å². The van der Waals surface area contributed by atoms with Crippen LogP contribution < -0.4 is 5.32 Å². The van der Waals surface area contributed by atoms with Gasteiger partial charge in [0.1, 0.15) is 11.8 Å². The Labute approximate surface area is 105 Å². The van der Waals surface area contributed by atoms with E-state index in [-0.39, 0.29) is 5.69 Å². The third-order valence-electron chi connectivity index (χ3n) is 3.37. The lowest BCUT2D eigenvalue weighted by atomic mass is 9.86. The zero-order valence-corrected chi connectivity index (χ0v) is 9.89. The fourth-order valence-corrected chi connectivity index (χ4v) is 2.27. The van der Waals surface area contributed by atoms with Crippen LogP contribution in [0.2, 0.25) is 0 Å². The summed E-state index contributed by atoms with van der Waals surface area (Å²) in [6.45, 7) is 0.303. The first kappa shape index (κ1) is 12.3. The van der Waals surface area contributed by atoms with Crippen LogP contribution in [0.15, 0.2) is 12.3 Å². The van der Waals surface area contributed by atoms with Gasteiger partial charge in [-0.3, -0.25) is 4.79 Å². The Morgan fingerprint density at radius 1 is 1.56 bits per heavy atom. The standard InChI is InChI=1S/C12H14N4O2/c13-7-9-3-6-14-11(16-9)15-8-12(10(17)18)4-1-2-5-12/h3,6H,1-2,4-5,8H2,(H,17,18)(H,14,15,16). The molecule has 1 aliphatic carbocycles. The van der Waals surface area contributed by atoms with E-state index >= 15 is 0 Å². The van der Waals surface area contributed by atoms with Crippen LogP contribution in [0.3, 0.4) is 0 Å². The zero-order valence-electron chi connectivity index (χ0n) is 9.89. The maximum Gasteiger partial charge on any atom is 0.311 e. The summed E-state index contributed by atoms with van der Waals surface area (Å²) >= 11 is 0. The second-order valence-corrected chi connectivity index (χ2v) is 4.52. The number of aromatic nitrogens is 2. The largest absolute Gasteiger partial charge is 0.481 e. The van der Waals surface area contributed by atoms with Crippen LogP contribution in [-0.4, -0.2) is 27.6 Å². The van der Waals surface area contributed by atoms with Gasteiger partial charge in [0.15, 0.2) is 0 Å². The molecule has 0 unspecified atom stereocenters. The Hall–Kier alpha value is -2.16. The Bertz CT molecular complexity index is 489. The molecule has 1 aromatic rings. The molecule has 2 rings (SSSR count). The molecule has 94 valence electrons. The molecule has 2 N–H and O–H groups in total. The molecule has 1 aromatic heterocycles. The van der Waals surface area contributed by atoms with Crippen molar-refractivity contribution in [3.63, 3.8) is 0 Å². The maximum atomic E-state index is 11.3. The third kappa shape index (κ3) is 2.40. The smallest absolute Gasteiger partial charge is 0.311 e. The molecule has 1 aliphatic rings. The summed E-state index contributed by atoms with van der Waals surface area (Å²) in [6.07, 6.45) is 4.71. The van der Waals surface area contributed by atoms with Gasteiger partial charge in [-0.2, -0.15) is 5.26 Å². The first-order chi connectivity index (χ1) is 8.66. The number of carbonyl (C=O) groups is 1. The number of hydrogen-bond acceptors (Lipinski definition) is 5. The normalized spacial score (nSPS) is 17.1. The lowest BCUT2D eigenvalue weighted by Crippen LogP contribution is -2.35. The minimum absolute atomic E-state index is 0.267. The van der Waals surface area contributed by atoms with Crippen molar-refractivity contribution in [1.82, 2.24) is 9.97 Å². The van der Waals surface area contributed by atoms with Gasteiger partial charge in [-0.15, -0.1) is 0 Å². The average molecular weight is 246 g/mol. The zero-order chi connectivity index (χ0) is 13.0. The van der Waals surface area contributed by atoms with Gasteiger partial charge >= 0.3 is 5.97 Å². The van der Waals surface area contributed by atoms with E-state index in [9.17, 15) is 9.90 Å². The summed E-state index contributed by atoms with van der Waals surface area (Å²) < 4.78 is 0. The highest BCUT2D eigenvalue weighted by Gasteiger charge is 2.41. The first-order valence-corrected chi connectivity index (χ1v) is 5.87. The number of rotatable bonds is 4. The Kier molecular flexibility index (Phi) is 3.42. The number of anilines is 1. The van der Waals surface area contributed by atoms with E-state index in [1.807, 2.05) is 6.07 Å². The second kappa shape index (κ2) is 5.00. The average Bonchev–Trinajstić information content (AvgIpc) is 2.87. The number of aliphatic carboxylic acids is 1. The van der Waals surface area contributed by atoms with Gasteiger partial charge in [-0.05, 0) is 18.9 Å². The molecular formula is C12H14N4O2. The van der Waals surface area contributed by atoms with Crippen molar-refractivity contribution in [3.8, 4) is 6.07 Å². The van der Waals surface area contributed by atoms with Crippen LogP contribution in [0.25, 0.3) is 0 Å². The molecule has 0 aromatic carbocycles. The van der Waals surface area contributed by atoms with E-state index in [1.54, 1.807) is 0 Å². The molecule has 0 bridgehead atoms. The lowest BCUT2D eigenvalue weighted by molar-refractivity contribution is -0.147. The maximum absolute atomic E-state index is 11.3. The van der Waals surface area contributed by atoms with Gasteiger partial charge < -0.3 is 10.4 Å². The molecule has 0 atom stereocenters. The summed E-state index contributed by atoms with van der Waals surface area (Å²) in [5.41, 5.74) is -0.449. The molecule has 0 saturated heterocycles. The molecule has 18 heavy (non-hydrogen) atoms. The molecule has 6 heteroatoms. The number of nitrogens with zero attached hydrogens (tertiary/aromatic N) is 3. The van der Waals surface area contributed by atoms with Gasteiger partial charge in [0, 0.05) is 12.7 Å². The van der Waals surface area contributed by atoms with Gasteiger partial charge in [0.2, 0.25) is 5.95 Å². The number of carboxylic acids is 1. The van der Waals surface area contributed by atoms with Crippen molar-refractivity contribution in [3.05, 3.63) is 18.0 Å². The van der Waals surface area contributed by atoms with Crippen molar-refractivity contribution in [2.24, 2.45) is 5.41 Å². The molecule has 0 aliphatic heterocycles. The van der Waals surface area contributed by atoms with Crippen LogP contribution >= 0.6 is 0 Å². The van der Waals surface area contributed by atoms with Gasteiger partial charge in [0.25, 0.3) is 0 Å². The Morgan fingerprint density at radius 3 is 2.89 bits per heavy atom. The molecule has 6 nitrogen and oxygen atoms in total. The van der Waals surface area contributed by atoms with Crippen LogP contribution in [0.1, 0.15) is 31.4 Å². The van der Waals surface area contributed by atoms with E-state index in [1.165, 1.54) is 12.3 Å². The van der Waals surface area contributed by atoms with Gasteiger partial charge in [-0.25, -0.2) is 9.97 Å². The third-order valence-corrected chi connectivity index (χ3v) is 3.37. The highest BCUT2D eigenvalue weighted by atomic mass is 16.4. The van der Waals surface area contributed by atoms with E-state index < -0.39 is 11.4 Å². The van der Waals surface area contributed by atoms with Crippen LogP contribution in [0, 0.1) is 16.7 Å². The van der Waals surface area contributed by atoms with E-state index in [2.05, 4.69) is 15.3 Å². The molecule has 0 spiro atoms. The minimum Gasteiger partial charge on any atom is -0.481 e. The molecule has 1 heterocycles. The topological polar surface area (TPSA) is 98.9 Å². The molecule has 0 amide bonds. The van der Waals surface area contributed by atoms with Crippen molar-refractivity contribution in [2.75, 3.05) is 11.9 Å². The van der Waals surface area contributed by atoms with Gasteiger partial charge in [0.05, 0.1) is 5.41 Å². The van der Waals surface area contributed by atoms with E-state index in [0.29, 0.717) is 25.3 Å². The highest BCUT2D eigenvalue weighted by molar-refractivity contribution is 5.75. The van der Waals surface area contributed by atoms with Crippen molar-refractivity contribution in [1.29, 1.82) is 5.26 Å². The predicted octanol–water partition coefficient (Wildman–Crippen LogP) is 1.41. The fraction of sp³-hybridized carbons (Fsp3) is 0.500. The SMILES string of the molecule is N#Cc1ccnc(NCC2(C(=O)O)CCCC2)n1. The monoisotopic (exact) mass is 246 g/mol. The molecule has 0 radical (unpaired) electrons. The number of nitrogens with one attached hydrogen (secondary N) is 1. The quantitative estimate of drug-likeness (QED) is 0.833. The minimum atomic E-state index is -0.774. The van der Waals surface area contributed by atoms with Crippen LogP contribution in [-0.2, 0) is 4.79 Å². The van der Waals surface area contributed by atoms with E-state index in [4.69, 9.17) is 5.26 Å². The summed E-state index contributed by atoms with van der Waals surface area (Å²) in [4.78, 5) is 19.3. The first-order valence-electron chi connectivity index (χ1n) is 5.87. The molecular weight excluding hydrogens is 232 g/mol. The summed E-state index contributed by atoms with van der Waals surface area (Å²) in [5, 5.41) is 21.0. The molecule has 1 fully saturated rings. The predicted molar refractivity (Wildman–Crippen MR) is 63.8 cm³/mol. The highest BCUT2D eigenvalue weighted by Crippen LogP contribution is 2.38.